The Hall–Kier alpha value is -4.26. The predicted molar refractivity (Wildman–Crippen MR) is 110 cm³/mol. The van der Waals surface area contributed by atoms with Gasteiger partial charge in [-0.3, -0.25) is 30.6 Å². The summed E-state index contributed by atoms with van der Waals surface area (Å²) in [7, 11) is 0. The number of rotatable bonds is 5. The lowest BCUT2D eigenvalue weighted by molar-refractivity contribution is -0.384. The molecule has 0 bridgehead atoms. The maximum Gasteiger partial charge on any atom is 0.270 e. The standard InChI is InChI=1S/C22H17N3O4/c26-21(14-9-16-5-4-8-20(15-16)25(28)29)23-24-22(27)19-12-10-18(11-13-19)17-6-2-1-3-7-17/h1-15H,(H,23,26)(H,24,27)/b14-9+. The Labute approximate surface area is 166 Å². The van der Waals surface area contributed by atoms with Crippen LogP contribution in [0.4, 0.5) is 5.69 Å². The van der Waals surface area contributed by atoms with Crippen molar-refractivity contribution in [2.45, 2.75) is 0 Å². The molecule has 0 aliphatic carbocycles. The third kappa shape index (κ3) is 5.36. The zero-order valence-corrected chi connectivity index (χ0v) is 15.2. The molecule has 0 spiro atoms. The molecular weight excluding hydrogens is 370 g/mol. The Morgan fingerprint density at radius 3 is 2.21 bits per heavy atom. The lowest BCUT2D eigenvalue weighted by Gasteiger charge is -2.06. The molecule has 3 rings (SSSR count). The number of non-ortho nitro benzene ring substituents is 1. The van der Waals surface area contributed by atoms with Crippen LogP contribution >= 0.6 is 0 Å². The van der Waals surface area contributed by atoms with Gasteiger partial charge < -0.3 is 0 Å². The molecule has 0 fully saturated rings. The summed E-state index contributed by atoms with van der Waals surface area (Å²) in [4.78, 5) is 34.3. The monoisotopic (exact) mass is 387 g/mol. The van der Waals surface area contributed by atoms with Crippen molar-refractivity contribution in [2.24, 2.45) is 0 Å². The molecule has 2 amide bonds. The Bertz CT molecular complexity index is 1060. The quantitative estimate of drug-likeness (QED) is 0.396. The number of nitro benzene ring substituents is 1. The summed E-state index contributed by atoms with van der Waals surface area (Å²) in [6.45, 7) is 0. The highest BCUT2D eigenvalue weighted by Crippen LogP contribution is 2.19. The summed E-state index contributed by atoms with van der Waals surface area (Å²) in [5.74, 6) is -1.02. The second-order valence-corrected chi connectivity index (χ2v) is 6.07. The highest BCUT2D eigenvalue weighted by Gasteiger charge is 2.07. The number of hydrazine groups is 1. The van der Waals surface area contributed by atoms with Gasteiger partial charge in [-0.05, 0) is 34.9 Å². The van der Waals surface area contributed by atoms with E-state index in [4.69, 9.17) is 0 Å². The summed E-state index contributed by atoms with van der Waals surface area (Å²) < 4.78 is 0. The molecule has 0 saturated heterocycles. The lowest BCUT2D eigenvalue weighted by Crippen LogP contribution is -2.40. The summed E-state index contributed by atoms with van der Waals surface area (Å²) in [6.07, 6.45) is 2.60. The van der Waals surface area contributed by atoms with Crippen LogP contribution in [0.1, 0.15) is 15.9 Å². The summed E-state index contributed by atoms with van der Waals surface area (Å²) >= 11 is 0. The highest BCUT2D eigenvalue weighted by atomic mass is 16.6. The molecule has 0 atom stereocenters. The van der Waals surface area contributed by atoms with E-state index < -0.39 is 16.7 Å². The van der Waals surface area contributed by atoms with Gasteiger partial charge in [0.15, 0.2) is 0 Å². The second kappa shape index (κ2) is 9.09. The third-order valence-electron chi connectivity index (χ3n) is 4.06. The third-order valence-corrected chi connectivity index (χ3v) is 4.06. The van der Waals surface area contributed by atoms with Crippen molar-refractivity contribution in [1.82, 2.24) is 10.9 Å². The van der Waals surface area contributed by atoms with Crippen LogP contribution in [0.15, 0.2) is 84.9 Å². The molecule has 29 heavy (non-hydrogen) atoms. The van der Waals surface area contributed by atoms with Gasteiger partial charge in [0.05, 0.1) is 4.92 Å². The summed E-state index contributed by atoms with van der Waals surface area (Å²) in [6, 6.07) is 22.6. The number of hydrogen-bond donors (Lipinski definition) is 2. The molecule has 0 aliphatic rings. The van der Waals surface area contributed by atoms with Crippen molar-refractivity contribution >= 4 is 23.6 Å². The van der Waals surface area contributed by atoms with E-state index >= 15 is 0 Å². The minimum Gasteiger partial charge on any atom is -0.268 e. The maximum absolute atomic E-state index is 12.2. The summed E-state index contributed by atoms with van der Waals surface area (Å²) in [5, 5.41) is 10.8. The van der Waals surface area contributed by atoms with Crippen LogP contribution in [-0.4, -0.2) is 16.7 Å². The predicted octanol–water partition coefficient (Wildman–Crippen LogP) is 3.74. The van der Waals surface area contributed by atoms with Crippen molar-refractivity contribution in [3.8, 4) is 11.1 Å². The van der Waals surface area contributed by atoms with Crippen molar-refractivity contribution in [1.29, 1.82) is 0 Å². The first-order valence-corrected chi connectivity index (χ1v) is 8.71. The van der Waals surface area contributed by atoms with E-state index in [9.17, 15) is 19.7 Å². The second-order valence-electron chi connectivity index (χ2n) is 6.07. The molecule has 7 nitrogen and oxygen atoms in total. The van der Waals surface area contributed by atoms with E-state index in [-0.39, 0.29) is 5.69 Å². The van der Waals surface area contributed by atoms with E-state index in [1.165, 1.54) is 30.4 Å². The van der Waals surface area contributed by atoms with E-state index in [2.05, 4.69) is 10.9 Å². The number of nitro groups is 1. The molecule has 2 N–H and O–H groups in total. The van der Waals surface area contributed by atoms with Crippen LogP contribution in [0.3, 0.4) is 0 Å². The van der Waals surface area contributed by atoms with Gasteiger partial charge in [0.25, 0.3) is 17.5 Å². The molecule has 0 saturated carbocycles. The van der Waals surface area contributed by atoms with Gasteiger partial charge in [0.1, 0.15) is 0 Å². The summed E-state index contributed by atoms with van der Waals surface area (Å²) in [5.41, 5.74) is 7.44. The topological polar surface area (TPSA) is 101 Å². The van der Waals surface area contributed by atoms with Crippen LogP contribution in [0.2, 0.25) is 0 Å². The molecular formula is C22H17N3O4. The number of carbonyl (C=O) groups excluding carboxylic acids is 2. The number of hydrogen-bond acceptors (Lipinski definition) is 4. The van der Waals surface area contributed by atoms with Crippen LogP contribution in [-0.2, 0) is 4.79 Å². The fourth-order valence-corrected chi connectivity index (χ4v) is 2.59. The first kappa shape index (κ1) is 19.5. The maximum atomic E-state index is 12.2. The highest BCUT2D eigenvalue weighted by molar-refractivity contribution is 5.98. The molecule has 144 valence electrons. The average molecular weight is 387 g/mol. The molecule has 0 unspecified atom stereocenters. The van der Waals surface area contributed by atoms with E-state index in [1.807, 2.05) is 42.5 Å². The van der Waals surface area contributed by atoms with Crippen LogP contribution in [0.25, 0.3) is 17.2 Å². The Morgan fingerprint density at radius 2 is 1.52 bits per heavy atom. The molecule has 3 aromatic carbocycles. The van der Waals surface area contributed by atoms with Gasteiger partial charge in [0, 0.05) is 23.8 Å². The van der Waals surface area contributed by atoms with Gasteiger partial charge in [-0.2, -0.15) is 0 Å². The first-order chi connectivity index (χ1) is 14.0. The van der Waals surface area contributed by atoms with Crippen LogP contribution in [0.5, 0.6) is 0 Å². The number of amides is 2. The molecule has 0 aromatic heterocycles. The Balaban J connectivity index is 1.55. The average Bonchev–Trinajstić information content (AvgIpc) is 2.77. The van der Waals surface area contributed by atoms with Crippen molar-refractivity contribution in [3.05, 3.63) is 106 Å². The van der Waals surface area contributed by atoms with Gasteiger partial charge in [0.2, 0.25) is 0 Å². The lowest BCUT2D eigenvalue weighted by atomic mass is 10.0. The number of nitrogens with one attached hydrogen (secondary N) is 2. The zero-order chi connectivity index (χ0) is 20.6. The molecule has 7 heteroatoms. The van der Waals surface area contributed by atoms with Gasteiger partial charge in [-0.25, -0.2) is 0 Å². The van der Waals surface area contributed by atoms with Crippen molar-refractivity contribution in [3.63, 3.8) is 0 Å². The van der Waals surface area contributed by atoms with Crippen molar-refractivity contribution in [2.75, 3.05) is 0 Å². The van der Waals surface area contributed by atoms with E-state index in [0.29, 0.717) is 11.1 Å². The first-order valence-electron chi connectivity index (χ1n) is 8.71. The van der Waals surface area contributed by atoms with Crippen LogP contribution < -0.4 is 10.9 Å². The molecule has 0 radical (unpaired) electrons. The Kier molecular flexibility index (Phi) is 6.12. The van der Waals surface area contributed by atoms with Gasteiger partial charge >= 0.3 is 0 Å². The molecule has 3 aromatic rings. The van der Waals surface area contributed by atoms with Crippen LogP contribution in [0, 0.1) is 10.1 Å². The fraction of sp³-hybridized carbons (Fsp3) is 0. The number of benzene rings is 3. The SMILES string of the molecule is O=C(/C=C/c1cccc([N+](=O)[O-])c1)NNC(=O)c1ccc(-c2ccccc2)cc1. The van der Waals surface area contributed by atoms with Gasteiger partial charge in [-0.15, -0.1) is 0 Å². The Morgan fingerprint density at radius 1 is 0.828 bits per heavy atom. The smallest absolute Gasteiger partial charge is 0.268 e. The molecule has 0 heterocycles. The van der Waals surface area contributed by atoms with E-state index in [1.54, 1.807) is 18.2 Å². The molecule has 0 aliphatic heterocycles. The fourth-order valence-electron chi connectivity index (χ4n) is 2.59. The van der Waals surface area contributed by atoms with Crippen molar-refractivity contribution < 1.29 is 14.5 Å². The minimum atomic E-state index is -0.564. The van der Waals surface area contributed by atoms with Gasteiger partial charge in [-0.1, -0.05) is 54.6 Å². The van der Waals surface area contributed by atoms with E-state index in [0.717, 1.165) is 11.1 Å². The minimum absolute atomic E-state index is 0.0696. The largest absolute Gasteiger partial charge is 0.270 e. The number of nitrogens with zero attached hydrogens (tertiary/aromatic N) is 1. The zero-order valence-electron chi connectivity index (χ0n) is 15.2. The normalized spacial score (nSPS) is 10.5. The number of carbonyl (C=O) groups is 2.